The molecule has 8 nitrogen and oxygen atoms in total. The lowest BCUT2D eigenvalue weighted by atomic mass is 10.0. The maximum atomic E-state index is 13.3. The molecule has 0 saturated carbocycles. The van der Waals surface area contributed by atoms with Gasteiger partial charge in [0.15, 0.2) is 0 Å². The fourth-order valence-electron chi connectivity index (χ4n) is 5.40. The van der Waals surface area contributed by atoms with Crippen molar-refractivity contribution >= 4 is 79.4 Å². The lowest BCUT2D eigenvalue weighted by Gasteiger charge is -2.15. The molecule has 0 saturated heterocycles. The van der Waals surface area contributed by atoms with Gasteiger partial charge in [0, 0.05) is 22.2 Å². The predicted octanol–water partition coefficient (Wildman–Crippen LogP) is 15.9. The molecular weight excluding hydrogens is 900 g/mol. The number of nitro benzene ring substituents is 2. The van der Waals surface area contributed by atoms with Gasteiger partial charge in [0.05, 0.1) is 42.1 Å². The average molecular weight is 919 g/mol. The first-order valence-electron chi connectivity index (χ1n) is 15.9. The molecule has 0 bridgehead atoms. The van der Waals surface area contributed by atoms with E-state index < -0.39 is 54.7 Å². The monoisotopic (exact) mass is 916 g/mol. The zero-order valence-electron chi connectivity index (χ0n) is 28.3. The number of nitrogens with zero attached hydrogens (tertiary/aromatic N) is 2. The van der Waals surface area contributed by atoms with Gasteiger partial charge in [-0.1, -0.05) is 70.7 Å². The molecule has 0 heterocycles. The van der Waals surface area contributed by atoms with Crippen LogP contribution in [0.15, 0.2) is 119 Å². The predicted molar refractivity (Wildman–Crippen MR) is 212 cm³/mol. The van der Waals surface area contributed by atoms with Crippen LogP contribution in [0.1, 0.15) is 11.1 Å². The van der Waals surface area contributed by atoms with Crippen molar-refractivity contribution < 1.29 is 45.7 Å². The zero-order valence-corrected chi connectivity index (χ0v) is 33.0. The van der Waals surface area contributed by atoms with Crippen molar-refractivity contribution in [1.29, 1.82) is 0 Å². The molecule has 0 fully saturated rings. The van der Waals surface area contributed by atoms with E-state index in [1.54, 1.807) is 0 Å². The first kappa shape index (κ1) is 42.8. The van der Waals surface area contributed by atoms with E-state index in [-0.39, 0.29) is 65.1 Å². The number of nitro groups is 2. The van der Waals surface area contributed by atoms with Gasteiger partial charge in [0.25, 0.3) is 11.4 Å². The number of hydrogen-bond acceptors (Lipinski definition) is 8. The van der Waals surface area contributed by atoms with E-state index in [0.717, 1.165) is 24.3 Å². The standard InChI is InChI=1S/C38H18Cl4F6N2O6S2/c39-23-5-1-3-19(11-23)27-15-25(55-31-9-7-21(13-29(31)41)37(43,44)45)17-33(35(27)49(51)52)57-58-34-18-26(56-32-10-8-22(14-30(32)42)38(46,47)48)16-28(36(34)50(53)54)20-4-2-6-24(40)12-20/h1-18H. The normalized spacial score (nSPS) is 11.7. The van der Waals surface area contributed by atoms with Gasteiger partial charge in [-0.15, -0.1) is 0 Å². The summed E-state index contributed by atoms with van der Waals surface area (Å²) in [6.07, 6.45) is -9.42. The Labute approximate surface area is 351 Å². The van der Waals surface area contributed by atoms with Crippen molar-refractivity contribution in [3.63, 3.8) is 0 Å². The van der Waals surface area contributed by atoms with Gasteiger partial charge in [-0.25, -0.2) is 0 Å². The lowest BCUT2D eigenvalue weighted by molar-refractivity contribution is -0.387. The van der Waals surface area contributed by atoms with E-state index in [2.05, 4.69) is 0 Å². The molecule has 6 rings (SSSR count). The minimum absolute atomic E-state index is 0.0423. The highest BCUT2D eigenvalue weighted by Crippen LogP contribution is 2.53. The second kappa shape index (κ2) is 17.2. The first-order chi connectivity index (χ1) is 27.3. The highest BCUT2D eigenvalue weighted by Gasteiger charge is 2.33. The molecule has 6 aromatic carbocycles. The summed E-state index contributed by atoms with van der Waals surface area (Å²) in [5.41, 5.74) is -2.68. The van der Waals surface area contributed by atoms with Crippen molar-refractivity contribution in [2.75, 3.05) is 0 Å². The van der Waals surface area contributed by atoms with Crippen LogP contribution in [0.5, 0.6) is 23.0 Å². The van der Waals surface area contributed by atoms with Crippen LogP contribution in [0.4, 0.5) is 37.7 Å². The molecule has 0 aliphatic rings. The Kier molecular flexibility index (Phi) is 12.7. The Morgan fingerprint density at radius 1 is 0.517 bits per heavy atom. The molecular formula is C38H18Cl4F6N2O6S2. The van der Waals surface area contributed by atoms with Crippen molar-refractivity contribution in [2.45, 2.75) is 22.1 Å². The SMILES string of the molecule is O=[N+]([O-])c1c(SSc2cc(Oc3ccc(C(F)(F)F)cc3Cl)cc(-c3cccc(Cl)c3)c2[N+](=O)[O-])cc(Oc2ccc(C(F)(F)F)cc2Cl)cc1-c1cccc(Cl)c1. The molecule has 0 unspecified atom stereocenters. The Bertz CT molecular complexity index is 2420. The maximum Gasteiger partial charge on any atom is 0.416 e. The number of alkyl halides is 6. The number of halogens is 10. The molecule has 0 N–H and O–H groups in total. The average Bonchev–Trinajstić information content (AvgIpc) is 3.14. The minimum atomic E-state index is -4.71. The van der Waals surface area contributed by atoms with Gasteiger partial charge < -0.3 is 9.47 Å². The van der Waals surface area contributed by atoms with Crippen LogP contribution >= 0.6 is 68.0 Å². The van der Waals surface area contributed by atoms with Crippen LogP contribution < -0.4 is 9.47 Å². The molecule has 20 heteroatoms. The largest absolute Gasteiger partial charge is 0.456 e. The van der Waals surface area contributed by atoms with Crippen LogP contribution in [0.25, 0.3) is 22.3 Å². The van der Waals surface area contributed by atoms with Gasteiger partial charge in [0.2, 0.25) is 0 Å². The topological polar surface area (TPSA) is 105 Å². The third-order valence-corrected chi connectivity index (χ3v) is 11.4. The van der Waals surface area contributed by atoms with E-state index in [1.165, 1.54) is 72.8 Å². The number of rotatable bonds is 11. The molecule has 0 radical (unpaired) electrons. The summed E-state index contributed by atoms with van der Waals surface area (Å²) in [6, 6.07) is 21.6. The molecule has 0 aliphatic carbocycles. The molecule has 298 valence electrons. The van der Waals surface area contributed by atoms with Crippen LogP contribution in [-0.4, -0.2) is 9.85 Å². The van der Waals surface area contributed by atoms with Crippen LogP contribution in [0.2, 0.25) is 20.1 Å². The van der Waals surface area contributed by atoms with Crippen LogP contribution in [-0.2, 0) is 12.4 Å². The molecule has 58 heavy (non-hydrogen) atoms. The highest BCUT2D eigenvalue weighted by molar-refractivity contribution is 8.76. The lowest BCUT2D eigenvalue weighted by Crippen LogP contribution is -2.04. The van der Waals surface area contributed by atoms with Gasteiger partial charge in [-0.05, 0) is 106 Å². The third kappa shape index (κ3) is 9.88. The molecule has 6 aromatic rings. The molecule has 0 spiro atoms. The van der Waals surface area contributed by atoms with E-state index in [0.29, 0.717) is 33.7 Å². The van der Waals surface area contributed by atoms with Gasteiger partial charge >= 0.3 is 12.4 Å². The van der Waals surface area contributed by atoms with Crippen molar-refractivity contribution in [1.82, 2.24) is 0 Å². The van der Waals surface area contributed by atoms with Crippen molar-refractivity contribution in [2.24, 2.45) is 0 Å². The summed E-state index contributed by atoms with van der Waals surface area (Å²) in [5, 5.41) is 25.1. The third-order valence-electron chi connectivity index (χ3n) is 7.93. The first-order valence-corrected chi connectivity index (χ1v) is 19.5. The van der Waals surface area contributed by atoms with E-state index in [4.69, 9.17) is 55.9 Å². The fraction of sp³-hybridized carbons (Fsp3) is 0.0526. The van der Waals surface area contributed by atoms with Crippen molar-refractivity contribution in [3.8, 4) is 45.3 Å². The van der Waals surface area contributed by atoms with E-state index >= 15 is 0 Å². The Hall–Kier alpha value is -4.84. The second-order valence-electron chi connectivity index (χ2n) is 11.8. The van der Waals surface area contributed by atoms with Crippen LogP contribution in [0, 0.1) is 20.2 Å². The molecule has 0 aliphatic heterocycles. The summed E-state index contributed by atoms with van der Waals surface area (Å²) >= 11 is 24.8. The van der Waals surface area contributed by atoms with Crippen molar-refractivity contribution in [3.05, 3.63) is 161 Å². The summed E-state index contributed by atoms with van der Waals surface area (Å²) < 4.78 is 91.8. The van der Waals surface area contributed by atoms with Crippen LogP contribution in [0.3, 0.4) is 0 Å². The molecule has 0 amide bonds. The van der Waals surface area contributed by atoms with Gasteiger partial charge in [-0.2, -0.15) is 26.3 Å². The smallest absolute Gasteiger partial charge is 0.416 e. The summed E-state index contributed by atoms with van der Waals surface area (Å²) in [5.74, 6) is -0.683. The quantitative estimate of drug-likeness (QED) is 0.0548. The number of hydrogen-bond donors (Lipinski definition) is 0. The number of benzene rings is 6. The Balaban J connectivity index is 1.49. The molecule has 0 atom stereocenters. The minimum Gasteiger partial charge on any atom is -0.456 e. The zero-order chi connectivity index (χ0) is 42.1. The number of ether oxygens (including phenoxy) is 2. The highest BCUT2D eigenvalue weighted by atomic mass is 35.5. The fourth-order valence-corrected chi connectivity index (χ4v) is 8.56. The molecule has 0 aromatic heterocycles. The maximum absolute atomic E-state index is 13.3. The van der Waals surface area contributed by atoms with E-state index in [9.17, 15) is 46.6 Å². The summed E-state index contributed by atoms with van der Waals surface area (Å²) in [4.78, 5) is 23.8. The van der Waals surface area contributed by atoms with Gasteiger partial charge in [0.1, 0.15) is 32.8 Å². The summed E-state index contributed by atoms with van der Waals surface area (Å²) in [6.45, 7) is 0. The second-order valence-corrected chi connectivity index (χ2v) is 15.7. The Morgan fingerprint density at radius 2 is 0.897 bits per heavy atom. The Morgan fingerprint density at radius 3 is 1.21 bits per heavy atom. The van der Waals surface area contributed by atoms with E-state index in [1.807, 2.05) is 0 Å². The van der Waals surface area contributed by atoms with Gasteiger partial charge in [-0.3, -0.25) is 20.2 Å². The summed E-state index contributed by atoms with van der Waals surface area (Å²) in [7, 11) is 1.36.